The van der Waals surface area contributed by atoms with Crippen LogP contribution >= 0.6 is 0 Å². The van der Waals surface area contributed by atoms with E-state index in [0.29, 0.717) is 5.92 Å². The molecule has 1 aromatic carbocycles. The lowest BCUT2D eigenvalue weighted by Crippen LogP contribution is -2.48. The van der Waals surface area contributed by atoms with E-state index in [-0.39, 0.29) is 11.2 Å². The maximum Gasteiger partial charge on any atom is 0.135 e. The highest BCUT2D eigenvalue weighted by atomic mass is 19.1. The van der Waals surface area contributed by atoms with Crippen molar-refractivity contribution in [1.29, 1.82) is 0 Å². The van der Waals surface area contributed by atoms with Gasteiger partial charge in [0.1, 0.15) is 18.0 Å². The Morgan fingerprint density at radius 1 is 1.32 bits per heavy atom. The lowest BCUT2D eigenvalue weighted by molar-refractivity contribution is 0.369. The Labute approximate surface area is 147 Å². The zero-order valence-electron chi connectivity index (χ0n) is 14.6. The molecule has 0 saturated carbocycles. The van der Waals surface area contributed by atoms with Crippen molar-refractivity contribution in [2.45, 2.75) is 43.9 Å². The fourth-order valence-corrected chi connectivity index (χ4v) is 5.02. The molecule has 0 bridgehead atoms. The molecule has 1 spiro atoms. The van der Waals surface area contributed by atoms with Gasteiger partial charge in [-0.15, -0.1) is 0 Å². The summed E-state index contributed by atoms with van der Waals surface area (Å²) in [5.41, 5.74) is 4.76. The summed E-state index contributed by atoms with van der Waals surface area (Å²) >= 11 is 0. The fourth-order valence-electron chi connectivity index (χ4n) is 5.02. The highest BCUT2D eigenvalue weighted by molar-refractivity contribution is 5.63. The van der Waals surface area contributed by atoms with Gasteiger partial charge in [0.2, 0.25) is 0 Å². The number of halogens is 1. The normalized spacial score (nSPS) is 27.3. The molecule has 1 saturated heterocycles. The summed E-state index contributed by atoms with van der Waals surface area (Å²) in [6.45, 7) is 5.07. The summed E-state index contributed by atoms with van der Waals surface area (Å²) in [5.74, 6) is 1.49. The number of rotatable bonds is 1. The summed E-state index contributed by atoms with van der Waals surface area (Å²) < 4.78 is 13.9. The van der Waals surface area contributed by atoms with Crippen LogP contribution in [0, 0.1) is 5.82 Å². The minimum atomic E-state index is -0.143. The van der Waals surface area contributed by atoms with Crippen molar-refractivity contribution in [3.63, 3.8) is 0 Å². The van der Waals surface area contributed by atoms with E-state index in [1.54, 1.807) is 18.5 Å². The van der Waals surface area contributed by atoms with Crippen LogP contribution in [0.2, 0.25) is 0 Å². The number of piperidine rings is 1. The van der Waals surface area contributed by atoms with Crippen LogP contribution < -0.4 is 10.2 Å². The van der Waals surface area contributed by atoms with Gasteiger partial charge < -0.3 is 10.2 Å². The Morgan fingerprint density at radius 3 is 3.16 bits per heavy atom. The first-order chi connectivity index (χ1) is 12.2. The van der Waals surface area contributed by atoms with Crippen LogP contribution in [-0.4, -0.2) is 29.6 Å². The van der Waals surface area contributed by atoms with Crippen LogP contribution in [0.25, 0.3) is 0 Å². The predicted octanol–water partition coefficient (Wildman–Crippen LogP) is 3.63. The highest BCUT2D eigenvalue weighted by Crippen LogP contribution is 2.45. The van der Waals surface area contributed by atoms with Crippen molar-refractivity contribution in [3.05, 3.63) is 47.2 Å². The molecule has 5 heteroatoms. The Balaban J connectivity index is 1.54. The van der Waals surface area contributed by atoms with Gasteiger partial charge in [0.25, 0.3) is 0 Å². The maximum atomic E-state index is 13.9. The largest absolute Gasteiger partial charge is 0.384 e. The summed E-state index contributed by atoms with van der Waals surface area (Å²) in [6.07, 6.45) is 6.13. The second kappa shape index (κ2) is 5.41. The average Bonchev–Trinajstić information content (AvgIpc) is 3.17. The average molecular weight is 338 g/mol. The van der Waals surface area contributed by atoms with Gasteiger partial charge in [-0.25, -0.2) is 14.4 Å². The molecule has 0 radical (unpaired) electrons. The maximum absolute atomic E-state index is 13.9. The number of aryl methyl sites for hydroxylation is 1. The van der Waals surface area contributed by atoms with Gasteiger partial charge in [0.05, 0.1) is 0 Å². The SMILES string of the molecule is C[C@@H]1CCc2ncnc(N3CCC[C@@]4(CNc5ccc(F)cc54)C3)c21. The van der Waals surface area contributed by atoms with Crippen LogP contribution in [0.1, 0.15) is 48.9 Å². The lowest BCUT2D eigenvalue weighted by Gasteiger charge is -2.41. The zero-order valence-corrected chi connectivity index (χ0v) is 14.6. The molecule has 1 aliphatic carbocycles. The molecule has 1 N–H and O–H groups in total. The molecule has 0 amide bonds. The van der Waals surface area contributed by atoms with E-state index in [0.717, 1.165) is 62.4 Å². The van der Waals surface area contributed by atoms with Gasteiger partial charge in [-0.2, -0.15) is 0 Å². The van der Waals surface area contributed by atoms with E-state index in [1.165, 1.54) is 11.3 Å². The molecule has 1 aromatic heterocycles. The summed E-state index contributed by atoms with van der Waals surface area (Å²) in [4.78, 5) is 11.6. The summed E-state index contributed by atoms with van der Waals surface area (Å²) in [5, 5.41) is 3.49. The number of benzene rings is 1. The van der Waals surface area contributed by atoms with Gasteiger partial charge in [-0.05, 0) is 55.4 Å². The molecule has 2 atom stereocenters. The van der Waals surface area contributed by atoms with Gasteiger partial charge in [-0.1, -0.05) is 6.92 Å². The van der Waals surface area contributed by atoms with Gasteiger partial charge in [0, 0.05) is 42.0 Å². The van der Waals surface area contributed by atoms with Crippen LogP contribution in [-0.2, 0) is 11.8 Å². The number of nitrogens with zero attached hydrogens (tertiary/aromatic N) is 3. The van der Waals surface area contributed by atoms with E-state index >= 15 is 0 Å². The van der Waals surface area contributed by atoms with E-state index in [4.69, 9.17) is 0 Å². The molecule has 130 valence electrons. The minimum Gasteiger partial charge on any atom is -0.384 e. The van der Waals surface area contributed by atoms with Crippen molar-refractivity contribution in [3.8, 4) is 0 Å². The topological polar surface area (TPSA) is 41.1 Å². The number of fused-ring (bicyclic) bond motifs is 3. The van der Waals surface area contributed by atoms with Crippen molar-refractivity contribution < 1.29 is 4.39 Å². The van der Waals surface area contributed by atoms with Crippen molar-refractivity contribution in [2.75, 3.05) is 29.9 Å². The molecule has 25 heavy (non-hydrogen) atoms. The van der Waals surface area contributed by atoms with Crippen molar-refractivity contribution in [2.24, 2.45) is 0 Å². The molecule has 3 heterocycles. The molecular weight excluding hydrogens is 315 g/mol. The third-order valence-corrected chi connectivity index (χ3v) is 6.30. The minimum absolute atomic E-state index is 0.0185. The zero-order chi connectivity index (χ0) is 17.0. The van der Waals surface area contributed by atoms with Gasteiger partial charge >= 0.3 is 0 Å². The Hall–Kier alpha value is -2.17. The molecule has 2 aromatic rings. The van der Waals surface area contributed by atoms with Crippen molar-refractivity contribution >= 4 is 11.5 Å². The smallest absolute Gasteiger partial charge is 0.135 e. The first-order valence-corrected chi connectivity index (χ1v) is 9.29. The quantitative estimate of drug-likeness (QED) is 0.862. The Bertz CT molecular complexity index is 832. The molecule has 2 aliphatic heterocycles. The third-order valence-electron chi connectivity index (χ3n) is 6.30. The van der Waals surface area contributed by atoms with Crippen LogP contribution in [0.4, 0.5) is 15.9 Å². The number of hydrogen-bond acceptors (Lipinski definition) is 4. The number of aromatic nitrogens is 2. The Kier molecular flexibility index (Phi) is 3.27. The van der Waals surface area contributed by atoms with Crippen LogP contribution in [0.5, 0.6) is 0 Å². The summed E-state index contributed by atoms with van der Waals surface area (Å²) in [6, 6.07) is 5.15. The fraction of sp³-hybridized carbons (Fsp3) is 0.500. The molecule has 4 nitrogen and oxygen atoms in total. The predicted molar refractivity (Wildman–Crippen MR) is 96.8 cm³/mol. The number of hydrogen-bond donors (Lipinski definition) is 1. The standard InChI is InChI=1S/C20H23FN4/c1-13-3-5-17-18(13)19(24-12-23-17)25-8-2-7-20(11-25)10-22-16-6-4-14(21)9-15(16)20/h4,6,9,12-13,22H,2-3,5,7-8,10-11H2,1H3/t13-,20-/m1/s1. The highest BCUT2D eigenvalue weighted by Gasteiger charge is 2.43. The summed E-state index contributed by atoms with van der Waals surface area (Å²) in [7, 11) is 0. The molecule has 1 fully saturated rings. The molecule has 3 aliphatic rings. The second-order valence-corrected chi connectivity index (χ2v) is 7.85. The lowest BCUT2D eigenvalue weighted by atomic mass is 9.75. The van der Waals surface area contributed by atoms with Crippen LogP contribution in [0.3, 0.4) is 0 Å². The monoisotopic (exact) mass is 338 g/mol. The van der Waals surface area contributed by atoms with E-state index in [2.05, 4.69) is 27.1 Å². The third kappa shape index (κ3) is 2.25. The Morgan fingerprint density at radius 2 is 2.24 bits per heavy atom. The van der Waals surface area contributed by atoms with E-state index in [1.807, 2.05) is 6.07 Å². The number of nitrogens with one attached hydrogen (secondary N) is 1. The molecule has 0 unspecified atom stereocenters. The van der Waals surface area contributed by atoms with Crippen molar-refractivity contribution in [1.82, 2.24) is 9.97 Å². The van der Waals surface area contributed by atoms with E-state index < -0.39 is 0 Å². The van der Waals surface area contributed by atoms with Gasteiger partial charge in [-0.3, -0.25) is 0 Å². The molecular formula is C20H23FN4. The van der Waals surface area contributed by atoms with E-state index in [9.17, 15) is 4.39 Å². The second-order valence-electron chi connectivity index (χ2n) is 7.85. The first-order valence-electron chi connectivity index (χ1n) is 9.29. The van der Waals surface area contributed by atoms with Gasteiger partial charge in [0.15, 0.2) is 0 Å². The molecule has 5 rings (SSSR count). The number of anilines is 2. The first kappa shape index (κ1) is 15.1. The van der Waals surface area contributed by atoms with Crippen LogP contribution in [0.15, 0.2) is 24.5 Å².